The molecule has 0 bridgehead atoms. The third-order valence-corrected chi connectivity index (χ3v) is 10.2. The number of aromatic nitrogens is 1. The van der Waals surface area contributed by atoms with Gasteiger partial charge in [-0.1, -0.05) is 85.3 Å². The second-order valence-electron chi connectivity index (χ2n) is 12.3. The number of benzene rings is 3. The van der Waals surface area contributed by atoms with E-state index in [0.29, 0.717) is 17.8 Å². The highest BCUT2D eigenvalue weighted by Crippen LogP contribution is 2.63. The van der Waals surface area contributed by atoms with Crippen LogP contribution in [0.3, 0.4) is 0 Å². The lowest BCUT2D eigenvalue weighted by Gasteiger charge is -2.44. The normalized spacial score (nSPS) is 27.0. The topological polar surface area (TPSA) is 28.7 Å². The smallest absolute Gasteiger partial charge is 0.0947 e. The summed E-state index contributed by atoms with van der Waals surface area (Å²) in [5.74, 6) is 1.38. The molecule has 0 N–H and O–H groups in total. The van der Waals surface area contributed by atoms with Gasteiger partial charge in [0.25, 0.3) is 0 Å². The van der Waals surface area contributed by atoms with E-state index in [-0.39, 0.29) is 5.41 Å². The van der Waals surface area contributed by atoms with Gasteiger partial charge >= 0.3 is 0 Å². The van der Waals surface area contributed by atoms with Crippen molar-refractivity contribution >= 4 is 21.8 Å². The summed E-state index contributed by atoms with van der Waals surface area (Å²) >= 11 is 0. The summed E-state index contributed by atoms with van der Waals surface area (Å²) in [7, 11) is 0. The fourth-order valence-electron chi connectivity index (χ4n) is 8.46. The maximum absolute atomic E-state index is 9.86. The van der Waals surface area contributed by atoms with Crippen LogP contribution >= 0.6 is 0 Å². The zero-order valence-corrected chi connectivity index (χ0v) is 23.6. The average Bonchev–Trinajstić information content (AvgIpc) is 3.52. The first kappa shape index (κ1) is 24.4. The standard InChI is InChI=1S/C39H34N2/c1-26-15-18-28(19-16-26)39(35-13-7-5-11-31(35)33-23-27(25-40)17-21-36(33)39)29-20-22-38-34(24-29)32-12-6-8-14-37(32)41(38)30-9-3-2-4-10-30/h2-6,8-12,14-15,18-20,22-24,26,31,35H,7,13,16-17,21H2,1H3/t26-,31?,35?,39?/m1/s1. The van der Waals surface area contributed by atoms with Gasteiger partial charge in [0.1, 0.15) is 0 Å². The van der Waals surface area contributed by atoms with Gasteiger partial charge in [-0.3, -0.25) is 0 Å². The zero-order chi connectivity index (χ0) is 27.6. The minimum Gasteiger partial charge on any atom is -0.309 e. The van der Waals surface area contributed by atoms with Crippen LogP contribution in [0.4, 0.5) is 0 Å². The largest absolute Gasteiger partial charge is 0.309 e. The number of nitrogens with zero attached hydrogens (tertiary/aromatic N) is 2. The highest BCUT2D eigenvalue weighted by Gasteiger charge is 2.55. The van der Waals surface area contributed by atoms with E-state index >= 15 is 0 Å². The molecule has 0 saturated carbocycles. The van der Waals surface area contributed by atoms with Crippen molar-refractivity contribution in [2.24, 2.45) is 17.8 Å². The zero-order valence-electron chi connectivity index (χ0n) is 23.6. The first-order valence-electron chi connectivity index (χ1n) is 15.2. The summed E-state index contributed by atoms with van der Waals surface area (Å²) in [5, 5.41) is 12.5. The van der Waals surface area contributed by atoms with E-state index in [1.165, 1.54) is 44.2 Å². The fourth-order valence-corrected chi connectivity index (χ4v) is 8.46. The van der Waals surface area contributed by atoms with Crippen LogP contribution < -0.4 is 0 Å². The second kappa shape index (κ2) is 9.35. The lowest BCUT2D eigenvalue weighted by atomic mass is 9.58. The van der Waals surface area contributed by atoms with Crippen molar-refractivity contribution in [2.75, 3.05) is 0 Å². The van der Waals surface area contributed by atoms with Crippen LogP contribution in [0, 0.1) is 29.1 Å². The molecule has 4 aliphatic carbocycles. The summed E-state index contributed by atoms with van der Waals surface area (Å²) in [4.78, 5) is 0. The summed E-state index contributed by atoms with van der Waals surface area (Å²) in [6, 6.07) is 29.4. The lowest BCUT2D eigenvalue weighted by Crippen LogP contribution is -2.39. The molecule has 1 heterocycles. The summed E-state index contributed by atoms with van der Waals surface area (Å²) < 4.78 is 2.41. The van der Waals surface area contributed by atoms with Gasteiger partial charge in [0, 0.05) is 33.4 Å². The Balaban J connectivity index is 1.44. The van der Waals surface area contributed by atoms with Crippen LogP contribution in [0.5, 0.6) is 0 Å². The fraction of sp³-hybridized carbons (Fsp3) is 0.256. The maximum Gasteiger partial charge on any atom is 0.0947 e. The summed E-state index contributed by atoms with van der Waals surface area (Å²) in [6.07, 6.45) is 19.6. The Labute approximate surface area is 242 Å². The van der Waals surface area contributed by atoms with Crippen LogP contribution in [0.25, 0.3) is 27.5 Å². The van der Waals surface area contributed by atoms with E-state index in [4.69, 9.17) is 0 Å². The predicted molar refractivity (Wildman–Crippen MR) is 169 cm³/mol. The molecule has 0 aliphatic heterocycles. The third kappa shape index (κ3) is 3.48. The van der Waals surface area contributed by atoms with Crippen molar-refractivity contribution in [3.8, 4) is 11.8 Å². The van der Waals surface area contributed by atoms with Gasteiger partial charge in [-0.2, -0.15) is 5.26 Å². The quantitative estimate of drug-likeness (QED) is 0.242. The molecule has 3 aromatic carbocycles. The van der Waals surface area contributed by atoms with Crippen molar-refractivity contribution in [1.29, 1.82) is 5.26 Å². The number of allylic oxidation sites excluding steroid dienone is 10. The molecule has 4 atom stereocenters. The van der Waals surface area contributed by atoms with Crippen LogP contribution in [0.1, 0.15) is 44.6 Å². The van der Waals surface area contributed by atoms with E-state index in [2.05, 4.69) is 127 Å². The van der Waals surface area contributed by atoms with E-state index < -0.39 is 0 Å². The molecule has 3 unspecified atom stereocenters. The summed E-state index contributed by atoms with van der Waals surface area (Å²) in [6.45, 7) is 2.31. The highest BCUT2D eigenvalue weighted by atomic mass is 15.0. The van der Waals surface area contributed by atoms with Gasteiger partial charge in [-0.05, 0) is 97.1 Å². The number of para-hydroxylation sites is 2. The van der Waals surface area contributed by atoms with Gasteiger partial charge in [-0.25, -0.2) is 0 Å². The monoisotopic (exact) mass is 530 g/mol. The van der Waals surface area contributed by atoms with Crippen molar-refractivity contribution in [1.82, 2.24) is 4.57 Å². The van der Waals surface area contributed by atoms with E-state index in [1.807, 2.05) is 0 Å². The first-order chi connectivity index (χ1) is 20.2. The van der Waals surface area contributed by atoms with Crippen molar-refractivity contribution in [2.45, 2.75) is 44.4 Å². The van der Waals surface area contributed by atoms with Gasteiger partial charge < -0.3 is 4.57 Å². The molecular formula is C39H34N2. The Morgan fingerprint density at radius 3 is 2.56 bits per heavy atom. The van der Waals surface area contributed by atoms with E-state index in [1.54, 1.807) is 5.57 Å². The molecule has 41 heavy (non-hydrogen) atoms. The Morgan fingerprint density at radius 2 is 1.73 bits per heavy atom. The molecule has 200 valence electrons. The van der Waals surface area contributed by atoms with E-state index in [0.717, 1.165) is 37.7 Å². The van der Waals surface area contributed by atoms with Crippen LogP contribution in [0.15, 0.2) is 132 Å². The van der Waals surface area contributed by atoms with Crippen molar-refractivity contribution < 1.29 is 0 Å². The van der Waals surface area contributed by atoms with Gasteiger partial charge in [0.2, 0.25) is 0 Å². The SMILES string of the molecule is C[C@@H]1C=CC(C2(c3ccc4c(c3)c3ccccc3n4-c3ccccc3)C3=C(C=C(C#N)CC3)C3C=CCCC32)=CC1. The van der Waals surface area contributed by atoms with Crippen LogP contribution in [0.2, 0.25) is 0 Å². The Hall–Kier alpha value is -4.35. The molecule has 2 heteroatoms. The molecule has 4 aliphatic rings. The number of rotatable bonds is 3. The predicted octanol–water partition coefficient (Wildman–Crippen LogP) is 9.68. The molecule has 0 fully saturated rings. The van der Waals surface area contributed by atoms with Crippen LogP contribution in [-0.4, -0.2) is 4.57 Å². The van der Waals surface area contributed by atoms with Gasteiger partial charge in [0.05, 0.1) is 17.1 Å². The molecule has 8 rings (SSSR count). The molecule has 1 aromatic heterocycles. The molecule has 0 saturated heterocycles. The summed E-state index contributed by atoms with van der Waals surface area (Å²) in [5.41, 5.74) is 10.3. The first-order valence-corrected chi connectivity index (χ1v) is 15.2. The maximum atomic E-state index is 9.86. The van der Waals surface area contributed by atoms with Gasteiger partial charge in [0.15, 0.2) is 0 Å². The van der Waals surface area contributed by atoms with Crippen molar-refractivity contribution in [3.63, 3.8) is 0 Å². The number of fused-ring (bicyclic) bond motifs is 5. The molecule has 0 spiro atoms. The molecular weight excluding hydrogens is 496 g/mol. The Morgan fingerprint density at radius 1 is 0.902 bits per heavy atom. The number of hydrogen-bond donors (Lipinski definition) is 0. The minimum absolute atomic E-state index is 0.178. The Bertz CT molecular complexity index is 1900. The lowest BCUT2D eigenvalue weighted by molar-refractivity contribution is 0.312. The van der Waals surface area contributed by atoms with Gasteiger partial charge in [-0.15, -0.1) is 0 Å². The van der Waals surface area contributed by atoms with E-state index in [9.17, 15) is 5.26 Å². The number of hydrogen-bond acceptors (Lipinski definition) is 1. The van der Waals surface area contributed by atoms with Crippen LogP contribution in [-0.2, 0) is 5.41 Å². The Kier molecular flexibility index (Phi) is 5.58. The second-order valence-corrected chi connectivity index (χ2v) is 12.3. The highest BCUT2D eigenvalue weighted by molar-refractivity contribution is 6.09. The number of nitriles is 1. The van der Waals surface area contributed by atoms with Crippen molar-refractivity contribution in [3.05, 3.63) is 137 Å². The molecule has 0 amide bonds. The minimum atomic E-state index is -0.178. The molecule has 0 radical (unpaired) electrons. The molecule has 4 aromatic rings. The third-order valence-electron chi connectivity index (χ3n) is 10.2. The molecule has 2 nitrogen and oxygen atoms in total. The average molecular weight is 531 g/mol.